The number of carbonyl (C=O) groups is 1. The number of benzene rings is 1. The van der Waals surface area contributed by atoms with Gasteiger partial charge in [-0.05, 0) is 18.6 Å². The Balaban J connectivity index is 2.52. The summed E-state index contributed by atoms with van der Waals surface area (Å²) in [4.78, 5) is 20.3. The molecule has 0 saturated heterocycles. The van der Waals surface area contributed by atoms with Gasteiger partial charge < -0.3 is 14.6 Å². The maximum absolute atomic E-state index is 10.4. The highest BCUT2D eigenvalue weighted by molar-refractivity contribution is 5.57. The van der Waals surface area contributed by atoms with Gasteiger partial charge in [0.25, 0.3) is 5.69 Å². The number of nitrogens with zero attached hydrogens (tertiary/aromatic N) is 1. The molecule has 0 fully saturated rings. The molecule has 1 atom stereocenters. The van der Waals surface area contributed by atoms with Gasteiger partial charge in [-0.2, -0.15) is 0 Å². The number of rotatable bonds is 6. The van der Waals surface area contributed by atoms with E-state index in [1.165, 1.54) is 24.3 Å². The molecule has 1 aromatic rings. The molecule has 18 heavy (non-hydrogen) atoms. The molecular formula is C11H13NO6. The predicted molar refractivity (Wildman–Crippen MR) is 61.8 cm³/mol. The summed E-state index contributed by atoms with van der Waals surface area (Å²) in [6.07, 6.45) is -1.42. The Morgan fingerprint density at radius 3 is 2.50 bits per heavy atom. The van der Waals surface area contributed by atoms with Crippen molar-refractivity contribution in [2.24, 2.45) is 0 Å². The van der Waals surface area contributed by atoms with Gasteiger partial charge in [0.15, 0.2) is 0 Å². The lowest BCUT2D eigenvalue weighted by Gasteiger charge is -2.14. The highest BCUT2D eigenvalue weighted by atomic mass is 16.7. The summed E-state index contributed by atoms with van der Waals surface area (Å²) in [5, 5.41) is 18.9. The molecular weight excluding hydrogens is 242 g/mol. The number of non-ortho nitro benzene ring substituents is 1. The molecule has 0 aliphatic rings. The van der Waals surface area contributed by atoms with E-state index in [-0.39, 0.29) is 12.3 Å². The van der Waals surface area contributed by atoms with Crippen molar-refractivity contribution in [1.29, 1.82) is 0 Å². The van der Waals surface area contributed by atoms with Gasteiger partial charge in [-0.3, -0.25) is 10.1 Å². The Labute approximate surface area is 103 Å². The predicted octanol–water partition coefficient (Wildman–Crippen LogP) is 2.45. The SMILES string of the molecule is CCC(COc1ccc([N+](=O)[O-])cc1)OC(=O)O. The van der Waals surface area contributed by atoms with Crippen LogP contribution in [0.15, 0.2) is 24.3 Å². The molecule has 1 N–H and O–H groups in total. The molecule has 0 heterocycles. The fourth-order valence-electron chi connectivity index (χ4n) is 1.23. The van der Waals surface area contributed by atoms with Crippen molar-refractivity contribution in [3.8, 4) is 5.75 Å². The molecule has 7 nitrogen and oxygen atoms in total. The lowest BCUT2D eigenvalue weighted by atomic mass is 10.3. The summed E-state index contributed by atoms with van der Waals surface area (Å²) < 4.78 is 9.85. The van der Waals surface area contributed by atoms with Crippen LogP contribution < -0.4 is 4.74 Å². The first-order valence-corrected chi connectivity index (χ1v) is 5.29. The van der Waals surface area contributed by atoms with Gasteiger partial charge in [0, 0.05) is 12.1 Å². The second-order valence-corrected chi connectivity index (χ2v) is 3.48. The molecule has 0 spiro atoms. The van der Waals surface area contributed by atoms with Crippen LogP contribution in [0.3, 0.4) is 0 Å². The van der Waals surface area contributed by atoms with Crippen molar-refractivity contribution in [1.82, 2.24) is 0 Å². The van der Waals surface area contributed by atoms with Gasteiger partial charge in [-0.1, -0.05) is 6.92 Å². The Morgan fingerprint density at radius 1 is 1.44 bits per heavy atom. The van der Waals surface area contributed by atoms with E-state index >= 15 is 0 Å². The van der Waals surface area contributed by atoms with Gasteiger partial charge in [0.2, 0.25) is 0 Å². The second-order valence-electron chi connectivity index (χ2n) is 3.48. The molecule has 7 heteroatoms. The largest absolute Gasteiger partial charge is 0.506 e. The summed E-state index contributed by atoms with van der Waals surface area (Å²) >= 11 is 0. The topological polar surface area (TPSA) is 98.9 Å². The number of hydrogen-bond donors (Lipinski definition) is 1. The third-order valence-corrected chi connectivity index (χ3v) is 2.21. The molecule has 1 rings (SSSR count). The first-order valence-electron chi connectivity index (χ1n) is 5.29. The molecule has 1 unspecified atom stereocenters. The first-order chi connectivity index (χ1) is 8.52. The average molecular weight is 255 g/mol. The van der Waals surface area contributed by atoms with Crippen LogP contribution in [-0.2, 0) is 4.74 Å². The minimum absolute atomic E-state index is 0.0313. The molecule has 0 aromatic heterocycles. The van der Waals surface area contributed by atoms with Crippen LogP contribution in [0.5, 0.6) is 5.75 Å². The highest BCUT2D eigenvalue weighted by Gasteiger charge is 2.12. The molecule has 0 bridgehead atoms. The lowest BCUT2D eigenvalue weighted by Crippen LogP contribution is -2.23. The normalized spacial score (nSPS) is 11.6. The monoisotopic (exact) mass is 255 g/mol. The average Bonchev–Trinajstić information content (AvgIpc) is 2.34. The zero-order valence-electron chi connectivity index (χ0n) is 9.74. The van der Waals surface area contributed by atoms with Gasteiger partial charge in [0.05, 0.1) is 4.92 Å². The van der Waals surface area contributed by atoms with Crippen molar-refractivity contribution >= 4 is 11.8 Å². The molecule has 0 amide bonds. The number of nitro benzene ring substituents is 1. The third kappa shape index (κ3) is 4.28. The van der Waals surface area contributed by atoms with Crippen LogP contribution in [0.2, 0.25) is 0 Å². The summed E-state index contributed by atoms with van der Waals surface area (Å²) in [5.74, 6) is 0.424. The minimum atomic E-state index is -1.35. The molecule has 0 saturated carbocycles. The van der Waals surface area contributed by atoms with Gasteiger partial charge in [-0.25, -0.2) is 4.79 Å². The van der Waals surface area contributed by atoms with E-state index in [9.17, 15) is 14.9 Å². The summed E-state index contributed by atoms with van der Waals surface area (Å²) in [6, 6.07) is 5.53. The number of hydrogen-bond acceptors (Lipinski definition) is 5. The van der Waals surface area contributed by atoms with Crippen molar-refractivity contribution in [2.45, 2.75) is 19.4 Å². The van der Waals surface area contributed by atoms with Crippen LogP contribution in [0, 0.1) is 10.1 Å². The van der Waals surface area contributed by atoms with E-state index in [0.717, 1.165) is 0 Å². The summed E-state index contributed by atoms with van der Waals surface area (Å²) in [7, 11) is 0. The van der Waals surface area contributed by atoms with Gasteiger partial charge in [-0.15, -0.1) is 0 Å². The first kappa shape index (κ1) is 13.8. The maximum atomic E-state index is 10.4. The fourth-order valence-corrected chi connectivity index (χ4v) is 1.23. The Kier molecular flexibility index (Phi) is 4.91. The molecule has 98 valence electrons. The van der Waals surface area contributed by atoms with Crippen molar-refractivity contribution in [3.63, 3.8) is 0 Å². The minimum Gasteiger partial charge on any atom is -0.490 e. The van der Waals surface area contributed by atoms with Crippen LogP contribution >= 0.6 is 0 Å². The van der Waals surface area contributed by atoms with Crippen molar-refractivity contribution in [3.05, 3.63) is 34.4 Å². The van der Waals surface area contributed by atoms with Gasteiger partial charge in [0.1, 0.15) is 18.5 Å². The van der Waals surface area contributed by atoms with Gasteiger partial charge >= 0.3 is 6.16 Å². The zero-order chi connectivity index (χ0) is 13.5. The number of carboxylic acid groups (broad SMARTS) is 1. The number of ether oxygens (including phenoxy) is 2. The van der Waals surface area contributed by atoms with E-state index in [2.05, 4.69) is 4.74 Å². The molecule has 0 radical (unpaired) electrons. The third-order valence-electron chi connectivity index (χ3n) is 2.21. The summed E-state index contributed by atoms with van der Waals surface area (Å²) in [5.41, 5.74) is -0.0313. The lowest BCUT2D eigenvalue weighted by molar-refractivity contribution is -0.384. The molecule has 0 aliphatic carbocycles. The van der Waals surface area contributed by atoms with Crippen LogP contribution in [0.4, 0.5) is 10.5 Å². The van der Waals surface area contributed by atoms with Crippen molar-refractivity contribution in [2.75, 3.05) is 6.61 Å². The van der Waals surface area contributed by atoms with Crippen molar-refractivity contribution < 1.29 is 24.3 Å². The second kappa shape index (κ2) is 6.43. The van der Waals surface area contributed by atoms with E-state index in [1.807, 2.05) is 0 Å². The van der Waals surface area contributed by atoms with E-state index in [1.54, 1.807) is 6.92 Å². The zero-order valence-corrected chi connectivity index (χ0v) is 9.74. The van der Waals surface area contributed by atoms with Crippen LogP contribution in [0.1, 0.15) is 13.3 Å². The number of nitro groups is 1. The smallest absolute Gasteiger partial charge is 0.490 e. The highest BCUT2D eigenvalue weighted by Crippen LogP contribution is 2.17. The molecule has 0 aliphatic heterocycles. The molecule has 1 aromatic carbocycles. The Morgan fingerprint density at radius 2 is 2.06 bits per heavy atom. The van der Waals surface area contributed by atoms with E-state index < -0.39 is 17.2 Å². The van der Waals surface area contributed by atoms with Crippen LogP contribution in [-0.4, -0.2) is 28.9 Å². The van der Waals surface area contributed by atoms with E-state index in [0.29, 0.717) is 12.2 Å². The van der Waals surface area contributed by atoms with E-state index in [4.69, 9.17) is 9.84 Å². The Bertz CT molecular complexity index is 416. The summed E-state index contributed by atoms with van der Waals surface area (Å²) in [6.45, 7) is 1.84. The maximum Gasteiger partial charge on any atom is 0.506 e. The standard InChI is InChI=1S/C11H13NO6/c1-2-9(18-11(13)14)7-17-10-5-3-8(4-6-10)12(15)16/h3-6,9H,2,7H2,1H3,(H,13,14). The Hall–Kier alpha value is -2.31. The quantitative estimate of drug-likeness (QED) is 0.476. The van der Waals surface area contributed by atoms with Crippen LogP contribution in [0.25, 0.3) is 0 Å². The fraction of sp³-hybridized carbons (Fsp3) is 0.364.